The average Bonchev–Trinajstić information content (AvgIpc) is 3.57. The molecule has 206 valence electrons. The van der Waals surface area contributed by atoms with E-state index < -0.39 is 47.9 Å². The summed E-state index contributed by atoms with van der Waals surface area (Å²) in [5.74, 6) is -2.35. The first kappa shape index (κ1) is 27.0. The zero-order valence-electron chi connectivity index (χ0n) is 20.7. The molecule has 3 aromatic rings. The molecule has 1 saturated heterocycles. The van der Waals surface area contributed by atoms with E-state index in [1.165, 1.54) is 42.5 Å². The van der Waals surface area contributed by atoms with Gasteiger partial charge >= 0.3 is 6.18 Å². The zero-order valence-corrected chi connectivity index (χ0v) is 21.5. The molecule has 5 rings (SSSR count). The first-order chi connectivity index (χ1) is 18.6. The molecule has 2 aromatic heterocycles. The van der Waals surface area contributed by atoms with Crippen molar-refractivity contribution in [2.45, 2.75) is 44.4 Å². The van der Waals surface area contributed by atoms with Crippen molar-refractivity contribution in [2.24, 2.45) is 5.16 Å². The van der Waals surface area contributed by atoms with Crippen LogP contribution in [0.15, 0.2) is 40.9 Å². The highest BCUT2D eigenvalue weighted by Crippen LogP contribution is 2.36. The van der Waals surface area contributed by atoms with Crippen molar-refractivity contribution in [3.05, 3.63) is 74.9 Å². The molecule has 2 aliphatic heterocycles. The minimum Gasteiger partial charge on any atom is -0.467 e. The Kier molecular flexibility index (Phi) is 7.52. The van der Waals surface area contributed by atoms with Crippen LogP contribution in [0.4, 0.5) is 22.0 Å². The number of pyridine rings is 1. The Labute approximate surface area is 224 Å². The number of rotatable bonds is 6. The predicted octanol–water partition coefficient (Wildman–Crippen LogP) is 5.79. The number of oxime groups is 1. The Morgan fingerprint density at radius 2 is 1.85 bits per heavy atom. The maximum atomic E-state index is 14.1. The molecule has 7 nitrogen and oxygen atoms in total. The largest absolute Gasteiger partial charge is 0.467 e. The van der Waals surface area contributed by atoms with E-state index in [-0.39, 0.29) is 17.9 Å². The smallest absolute Gasteiger partial charge is 0.421 e. The first-order valence-corrected chi connectivity index (χ1v) is 13.1. The molecule has 1 aromatic carbocycles. The number of nitrogens with zero attached hydrogens (tertiary/aromatic N) is 4. The monoisotopic (exact) mass is 566 g/mol. The number of likely N-dealkylation sites (tertiary alicyclic amines) is 1. The summed E-state index contributed by atoms with van der Waals surface area (Å²) in [5, 5.41) is 6.66. The summed E-state index contributed by atoms with van der Waals surface area (Å²) in [6.45, 7) is 1.79. The molecule has 0 N–H and O–H groups in total. The van der Waals surface area contributed by atoms with E-state index in [0.717, 1.165) is 11.1 Å². The number of thiazole rings is 1. The number of halogens is 5. The summed E-state index contributed by atoms with van der Waals surface area (Å²) in [4.78, 5) is 27.9. The molecule has 1 fully saturated rings. The van der Waals surface area contributed by atoms with Crippen molar-refractivity contribution in [1.29, 1.82) is 0 Å². The van der Waals surface area contributed by atoms with Gasteiger partial charge in [0.15, 0.2) is 12.7 Å². The summed E-state index contributed by atoms with van der Waals surface area (Å²) >= 11 is 1.43. The van der Waals surface area contributed by atoms with Crippen LogP contribution in [0, 0.1) is 18.6 Å². The highest BCUT2D eigenvalue weighted by molar-refractivity contribution is 7.10. The van der Waals surface area contributed by atoms with Crippen molar-refractivity contribution in [3.8, 4) is 5.88 Å². The third-order valence-electron chi connectivity index (χ3n) is 6.64. The molecular formula is C26H23F5N4O3S. The van der Waals surface area contributed by atoms with Gasteiger partial charge in [-0.2, -0.15) is 13.2 Å². The zero-order chi connectivity index (χ0) is 27.7. The maximum absolute atomic E-state index is 14.1. The lowest BCUT2D eigenvalue weighted by molar-refractivity contribution is -0.141. The van der Waals surface area contributed by atoms with Crippen molar-refractivity contribution < 1.29 is 36.3 Å². The molecule has 0 bridgehead atoms. The third kappa shape index (κ3) is 5.87. The summed E-state index contributed by atoms with van der Waals surface area (Å²) in [5.41, 5.74) is 0.228. The SMILES string of the molecule is Cc1ccc(C(F)(F)F)c(OCC(=O)N2CCC(c3nc(C4=NOC(c5c(F)cccc5F)C4)cs3)CC2)n1. The molecule has 0 saturated carbocycles. The highest BCUT2D eigenvalue weighted by atomic mass is 32.1. The second-order valence-corrected chi connectivity index (χ2v) is 10.2. The molecule has 0 radical (unpaired) electrons. The quantitative estimate of drug-likeness (QED) is 0.353. The number of piperidine rings is 1. The summed E-state index contributed by atoms with van der Waals surface area (Å²) in [7, 11) is 0. The van der Waals surface area contributed by atoms with Gasteiger partial charge in [0.05, 0.1) is 16.3 Å². The number of carbonyl (C=O) groups excluding carboxylic acids is 1. The van der Waals surface area contributed by atoms with Crippen LogP contribution in [-0.2, 0) is 15.8 Å². The van der Waals surface area contributed by atoms with Gasteiger partial charge < -0.3 is 14.5 Å². The number of benzene rings is 1. The van der Waals surface area contributed by atoms with E-state index in [4.69, 9.17) is 9.57 Å². The van der Waals surface area contributed by atoms with E-state index in [2.05, 4.69) is 15.1 Å². The van der Waals surface area contributed by atoms with Crippen LogP contribution < -0.4 is 4.74 Å². The fraction of sp³-hybridized carbons (Fsp3) is 0.385. The number of amides is 1. The fourth-order valence-corrected chi connectivity index (χ4v) is 5.57. The number of alkyl halides is 3. The Bertz CT molecular complexity index is 1380. The predicted molar refractivity (Wildman–Crippen MR) is 131 cm³/mol. The summed E-state index contributed by atoms with van der Waals surface area (Å²) < 4.78 is 73.1. The Hall–Kier alpha value is -3.61. The standard InChI is InChI=1S/C26H23F5N4O3S/c1-14-5-6-16(26(29,30)31)24(32-14)37-12-22(36)35-9-7-15(8-10-35)25-33-20(13-39-25)19-11-21(38-34-19)23-17(27)3-2-4-18(23)28/h2-6,13,15,21H,7-12H2,1H3. The summed E-state index contributed by atoms with van der Waals surface area (Å²) in [6.07, 6.45) is -4.11. The molecule has 2 aliphatic rings. The molecule has 0 aliphatic carbocycles. The Morgan fingerprint density at radius 1 is 1.13 bits per heavy atom. The van der Waals surface area contributed by atoms with Crippen LogP contribution in [0.5, 0.6) is 5.88 Å². The van der Waals surface area contributed by atoms with Gasteiger partial charge in [0, 0.05) is 36.5 Å². The second kappa shape index (κ2) is 10.9. The molecule has 1 atom stereocenters. The lowest BCUT2D eigenvalue weighted by atomic mass is 9.97. The lowest BCUT2D eigenvalue weighted by Gasteiger charge is -2.31. The molecule has 4 heterocycles. The van der Waals surface area contributed by atoms with Crippen LogP contribution in [0.1, 0.15) is 58.8 Å². The summed E-state index contributed by atoms with van der Waals surface area (Å²) in [6, 6.07) is 5.75. The second-order valence-electron chi connectivity index (χ2n) is 9.29. The van der Waals surface area contributed by atoms with E-state index in [9.17, 15) is 26.7 Å². The molecule has 1 unspecified atom stereocenters. The van der Waals surface area contributed by atoms with Gasteiger partial charge in [0.25, 0.3) is 5.91 Å². The van der Waals surface area contributed by atoms with Crippen LogP contribution >= 0.6 is 11.3 Å². The maximum Gasteiger partial charge on any atom is 0.421 e. The van der Waals surface area contributed by atoms with Crippen LogP contribution in [0.2, 0.25) is 0 Å². The van der Waals surface area contributed by atoms with E-state index in [0.29, 0.717) is 43.0 Å². The van der Waals surface area contributed by atoms with Crippen molar-refractivity contribution in [1.82, 2.24) is 14.9 Å². The van der Waals surface area contributed by atoms with Gasteiger partial charge in [-0.05, 0) is 44.0 Å². The third-order valence-corrected chi connectivity index (χ3v) is 7.65. The number of hydrogen-bond donors (Lipinski definition) is 0. The van der Waals surface area contributed by atoms with E-state index >= 15 is 0 Å². The fourth-order valence-electron chi connectivity index (χ4n) is 4.57. The molecule has 39 heavy (non-hydrogen) atoms. The topological polar surface area (TPSA) is 76.9 Å². The molecule has 0 spiro atoms. The van der Waals surface area contributed by atoms with Gasteiger partial charge in [-0.1, -0.05) is 11.2 Å². The lowest BCUT2D eigenvalue weighted by Crippen LogP contribution is -2.40. The van der Waals surface area contributed by atoms with Crippen LogP contribution in [0.25, 0.3) is 0 Å². The van der Waals surface area contributed by atoms with Crippen LogP contribution in [-0.4, -0.2) is 46.2 Å². The molecule has 1 amide bonds. The van der Waals surface area contributed by atoms with Gasteiger partial charge in [0.1, 0.15) is 22.9 Å². The first-order valence-electron chi connectivity index (χ1n) is 12.2. The van der Waals surface area contributed by atoms with Gasteiger partial charge in [-0.15, -0.1) is 11.3 Å². The molecule has 13 heteroatoms. The van der Waals surface area contributed by atoms with Crippen molar-refractivity contribution in [3.63, 3.8) is 0 Å². The average molecular weight is 567 g/mol. The van der Waals surface area contributed by atoms with Gasteiger partial charge in [-0.3, -0.25) is 4.79 Å². The molecular weight excluding hydrogens is 543 g/mol. The minimum absolute atomic E-state index is 0.0757. The number of ether oxygens (including phenoxy) is 1. The van der Waals surface area contributed by atoms with Crippen molar-refractivity contribution >= 4 is 23.0 Å². The number of aryl methyl sites for hydroxylation is 1. The van der Waals surface area contributed by atoms with Crippen molar-refractivity contribution in [2.75, 3.05) is 19.7 Å². The number of carbonyl (C=O) groups is 1. The Balaban J connectivity index is 1.15. The number of hydrogen-bond acceptors (Lipinski definition) is 7. The van der Waals surface area contributed by atoms with Gasteiger partial charge in [0.2, 0.25) is 5.88 Å². The van der Waals surface area contributed by atoms with Gasteiger partial charge in [-0.25, -0.2) is 18.7 Å². The van der Waals surface area contributed by atoms with Crippen LogP contribution in [0.3, 0.4) is 0 Å². The normalized spacial score (nSPS) is 18.2. The van der Waals surface area contributed by atoms with E-state index in [1.54, 1.807) is 4.90 Å². The highest BCUT2D eigenvalue weighted by Gasteiger charge is 2.36. The van der Waals surface area contributed by atoms with E-state index in [1.807, 2.05) is 5.38 Å². The number of aromatic nitrogens is 2. The minimum atomic E-state index is -4.64. The Morgan fingerprint density at radius 3 is 2.54 bits per heavy atom.